The highest BCUT2D eigenvalue weighted by molar-refractivity contribution is 5.48. The first-order valence-corrected chi connectivity index (χ1v) is 6.69. The molecule has 0 aromatic heterocycles. The third kappa shape index (κ3) is 2.68. The van der Waals surface area contributed by atoms with Gasteiger partial charge in [0.2, 0.25) is 0 Å². The van der Waals surface area contributed by atoms with E-state index in [0.717, 1.165) is 31.0 Å². The van der Waals surface area contributed by atoms with E-state index in [1.54, 1.807) is 0 Å². The summed E-state index contributed by atoms with van der Waals surface area (Å²) in [6.07, 6.45) is 0.267. The summed E-state index contributed by atoms with van der Waals surface area (Å²) in [5, 5.41) is 18.4. The fourth-order valence-electron chi connectivity index (χ4n) is 2.66. The molecule has 0 fully saturated rings. The number of nitrogens with zero attached hydrogens (tertiary/aromatic N) is 1. The van der Waals surface area contributed by atoms with Crippen LogP contribution in [-0.2, 0) is 13.0 Å². The van der Waals surface area contributed by atoms with Crippen LogP contribution in [0.5, 0.6) is 11.5 Å². The van der Waals surface area contributed by atoms with Crippen molar-refractivity contribution in [1.29, 1.82) is 0 Å². The number of aliphatic hydroxyl groups excluding tert-OH is 2. The summed E-state index contributed by atoms with van der Waals surface area (Å²) in [5.74, 6) is 1.66. The smallest absolute Gasteiger partial charge is 0.161 e. The van der Waals surface area contributed by atoms with Crippen molar-refractivity contribution in [2.24, 2.45) is 0 Å². The van der Waals surface area contributed by atoms with Gasteiger partial charge in [-0.15, -0.1) is 0 Å². The topological polar surface area (TPSA) is 62.2 Å². The lowest BCUT2D eigenvalue weighted by Crippen LogP contribution is -2.38. The van der Waals surface area contributed by atoms with Crippen LogP contribution in [0.2, 0.25) is 0 Å². The van der Waals surface area contributed by atoms with Gasteiger partial charge in [-0.2, -0.15) is 0 Å². The second-order valence-corrected chi connectivity index (χ2v) is 5.09. The van der Waals surface area contributed by atoms with Crippen molar-refractivity contribution in [3.05, 3.63) is 23.3 Å². The van der Waals surface area contributed by atoms with E-state index < -0.39 is 6.10 Å². The number of rotatable bonds is 3. The molecule has 0 saturated carbocycles. The van der Waals surface area contributed by atoms with Gasteiger partial charge in [0.05, 0.1) is 12.7 Å². The Balaban J connectivity index is 1.77. The largest absolute Gasteiger partial charge is 0.486 e. The normalized spacial score (nSPS) is 19.9. The second kappa shape index (κ2) is 5.36. The Bertz CT molecular complexity index is 463. The van der Waals surface area contributed by atoms with Crippen LogP contribution >= 0.6 is 0 Å². The number of hydrogen-bond donors (Lipinski definition) is 2. The second-order valence-electron chi connectivity index (χ2n) is 5.09. The highest BCUT2D eigenvalue weighted by atomic mass is 16.6. The van der Waals surface area contributed by atoms with E-state index in [1.807, 2.05) is 6.07 Å². The molecule has 2 heterocycles. The lowest BCUT2D eigenvalue weighted by Gasteiger charge is -2.31. The van der Waals surface area contributed by atoms with Crippen LogP contribution in [0.4, 0.5) is 0 Å². The van der Waals surface area contributed by atoms with E-state index in [0.29, 0.717) is 19.8 Å². The summed E-state index contributed by atoms with van der Waals surface area (Å²) in [6.45, 7) is 3.20. The van der Waals surface area contributed by atoms with Gasteiger partial charge >= 0.3 is 0 Å². The number of ether oxygens (including phenoxy) is 2. The maximum atomic E-state index is 9.51. The van der Waals surface area contributed by atoms with Crippen molar-refractivity contribution in [3.63, 3.8) is 0 Å². The molecule has 5 heteroatoms. The zero-order valence-electron chi connectivity index (χ0n) is 10.8. The van der Waals surface area contributed by atoms with Gasteiger partial charge in [0.15, 0.2) is 11.5 Å². The minimum absolute atomic E-state index is 0.190. The Kier molecular flexibility index (Phi) is 3.59. The van der Waals surface area contributed by atoms with Gasteiger partial charge in [0, 0.05) is 19.6 Å². The van der Waals surface area contributed by atoms with Gasteiger partial charge in [-0.3, -0.25) is 4.90 Å². The first kappa shape index (κ1) is 12.7. The highest BCUT2D eigenvalue weighted by Crippen LogP contribution is 2.35. The number of β-amino-alcohol motifs (C(OH)–C–C–N with tert-alkyl or cyclic N) is 1. The predicted molar refractivity (Wildman–Crippen MR) is 69.5 cm³/mol. The van der Waals surface area contributed by atoms with Gasteiger partial charge in [-0.05, 0) is 29.7 Å². The van der Waals surface area contributed by atoms with Crippen molar-refractivity contribution in [1.82, 2.24) is 4.90 Å². The molecule has 1 aromatic carbocycles. The molecule has 0 saturated heterocycles. The molecule has 0 aliphatic carbocycles. The third-order valence-corrected chi connectivity index (χ3v) is 3.64. The van der Waals surface area contributed by atoms with Crippen LogP contribution in [0.3, 0.4) is 0 Å². The van der Waals surface area contributed by atoms with Crippen LogP contribution in [0.1, 0.15) is 11.1 Å². The number of aliphatic hydroxyl groups is 2. The molecule has 0 radical (unpaired) electrons. The average Bonchev–Trinajstić information content (AvgIpc) is 2.45. The Morgan fingerprint density at radius 3 is 2.53 bits per heavy atom. The lowest BCUT2D eigenvalue weighted by atomic mass is 9.98. The maximum absolute atomic E-state index is 9.51. The molecule has 5 nitrogen and oxygen atoms in total. The molecule has 2 aliphatic heterocycles. The molecule has 3 rings (SSSR count). The number of benzene rings is 1. The SMILES string of the molecule is OCC(O)CN1CCc2cc3c(cc2C1)OCCO3. The third-order valence-electron chi connectivity index (χ3n) is 3.64. The number of hydrogen-bond acceptors (Lipinski definition) is 5. The first-order valence-electron chi connectivity index (χ1n) is 6.69. The fourth-order valence-corrected chi connectivity index (χ4v) is 2.66. The van der Waals surface area contributed by atoms with E-state index in [4.69, 9.17) is 14.6 Å². The van der Waals surface area contributed by atoms with Gasteiger partial charge in [-0.25, -0.2) is 0 Å². The van der Waals surface area contributed by atoms with Crippen molar-refractivity contribution >= 4 is 0 Å². The minimum atomic E-state index is -0.668. The first-order chi connectivity index (χ1) is 9.26. The van der Waals surface area contributed by atoms with Gasteiger partial charge in [0.25, 0.3) is 0 Å². The van der Waals surface area contributed by atoms with E-state index in [9.17, 15) is 5.11 Å². The summed E-state index contributed by atoms with van der Waals surface area (Å²) < 4.78 is 11.2. The van der Waals surface area contributed by atoms with E-state index in [-0.39, 0.29) is 6.61 Å². The molecular weight excluding hydrogens is 246 g/mol. The summed E-state index contributed by atoms with van der Waals surface area (Å²) >= 11 is 0. The summed E-state index contributed by atoms with van der Waals surface area (Å²) in [5.41, 5.74) is 2.51. The Hall–Kier alpha value is -1.30. The van der Waals surface area contributed by atoms with Gasteiger partial charge in [0.1, 0.15) is 13.2 Å². The monoisotopic (exact) mass is 265 g/mol. The molecule has 0 amide bonds. The number of fused-ring (bicyclic) bond motifs is 2. The zero-order chi connectivity index (χ0) is 13.2. The van der Waals surface area contributed by atoms with E-state index >= 15 is 0 Å². The molecule has 0 spiro atoms. The molecule has 19 heavy (non-hydrogen) atoms. The quantitative estimate of drug-likeness (QED) is 0.816. The van der Waals surface area contributed by atoms with Crippen LogP contribution in [-0.4, -0.2) is 54.1 Å². The predicted octanol–water partition coefficient (Wildman–Crippen LogP) is 0.169. The summed E-state index contributed by atoms with van der Waals surface area (Å²) in [4.78, 5) is 2.15. The molecule has 0 bridgehead atoms. The Morgan fingerprint density at radius 2 is 1.84 bits per heavy atom. The van der Waals surface area contributed by atoms with Crippen molar-refractivity contribution in [2.45, 2.75) is 19.1 Å². The van der Waals surface area contributed by atoms with E-state index in [2.05, 4.69) is 11.0 Å². The van der Waals surface area contributed by atoms with E-state index in [1.165, 1.54) is 11.1 Å². The Morgan fingerprint density at radius 1 is 1.16 bits per heavy atom. The average molecular weight is 265 g/mol. The summed E-state index contributed by atoms with van der Waals surface area (Å²) in [6, 6.07) is 4.12. The van der Waals surface area contributed by atoms with Gasteiger partial charge in [-0.1, -0.05) is 0 Å². The molecule has 2 aliphatic rings. The van der Waals surface area contributed by atoms with Crippen LogP contribution in [0.25, 0.3) is 0 Å². The molecule has 1 aromatic rings. The van der Waals surface area contributed by atoms with Crippen LogP contribution in [0, 0.1) is 0 Å². The maximum Gasteiger partial charge on any atom is 0.161 e. The molecule has 2 N–H and O–H groups in total. The Labute approximate surface area is 112 Å². The lowest BCUT2D eigenvalue weighted by molar-refractivity contribution is 0.0550. The molecule has 1 atom stereocenters. The molecular formula is C14H19NO4. The molecule has 104 valence electrons. The van der Waals surface area contributed by atoms with Crippen LogP contribution < -0.4 is 9.47 Å². The summed E-state index contributed by atoms with van der Waals surface area (Å²) in [7, 11) is 0. The minimum Gasteiger partial charge on any atom is -0.486 e. The van der Waals surface area contributed by atoms with Gasteiger partial charge < -0.3 is 19.7 Å². The van der Waals surface area contributed by atoms with Crippen molar-refractivity contribution in [3.8, 4) is 11.5 Å². The molecule has 1 unspecified atom stereocenters. The van der Waals surface area contributed by atoms with Crippen molar-refractivity contribution < 1.29 is 19.7 Å². The standard InChI is InChI=1S/C14H19NO4/c16-9-12(17)8-15-2-1-10-5-13-14(6-11(10)7-15)19-4-3-18-13/h5-6,12,16-17H,1-4,7-9H2. The highest BCUT2D eigenvalue weighted by Gasteiger charge is 2.22. The van der Waals surface area contributed by atoms with Crippen molar-refractivity contribution in [2.75, 3.05) is 32.9 Å². The fraction of sp³-hybridized carbons (Fsp3) is 0.571. The van der Waals surface area contributed by atoms with Crippen LogP contribution in [0.15, 0.2) is 12.1 Å². The zero-order valence-corrected chi connectivity index (χ0v) is 10.8.